The molecule has 0 N–H and O–H groups in total. The van der Waals surface area contributed by atoms with Crippen LogP contribution < -0.4 is 0 Å². The summed E-state index contributed by atoms with van der Waals surface area (Å²) in [6.07, 6.45) is 5.35. The molecular weight excluding hydrogens is 232 g/mol. The highest BCUT2D eigenvalue weighted by molar-refractivity contribution is 7.14. The zero-order valence-corrected chi connectivity index (χ0v) is 10.1. The molecule has 2 aromatic heterocycles. The van der Waals surface area contributed by atoms with E-state index in [4.69, 9.17) is 0 Å². The number of aromatic nitrogens is 2. The second-order valence-corrected chi connectivity index (χ2v) is 4.40. The first-order valence-electron chi connectivity index (χ1n) is 5.10. The Hall–Kier alpha value is -1.99. The van der Waals surface area contributed by atoms with Crippen molar-refractivity contribution in [2.24, 2.45) is 0 Å². The summed E-state index contributed by atoms with van der Waals surface area (Å²) in [6, 6.07) is 3.70. The third-order valence-corrected chi connectivity index (χ3v) is 3.03. The van der Waals surface area contributed by atoms with Gasteiger partial charge in [0.1, 0.15) is 0 Å². The molecule has 0 radical (unpaired) electrons. The third kappa shape index (κ3) is 2.99. The number of thiazole rings is 1. The Morgan fingerprint density at radius 3 is 3.06 bits per heavy atom. The summed E-state index contributed by atoms with van der Waals surface area (Å²) in [5.74, 6) is 5.68. The monoisotopic (exact) mass is 242 g/mol. The zero-order chi connectivity index (χ0) is 12.1. The van der Waals surface area contributed by atoms with Crippen LogP contribution in [0, 0.1) is 11.8 Å². The van der Waals surface area contributed by atoms with Gasteiger partial charge in [0.05, 0.1) is 11.1 Å². The van der Waals surface area contributed by atoms with Gasteiger partial charge in [-0.2, -0.15) is 0 Å². The maximum Gasteiger partial charge on any atom is 0.195 e. The summed E-state index contributed by atoms with van der Waals surface area (Å²) in [4.78, 5) is 20.8. The maximum absolute atomic E-state index is 11.9. The van der Waals surface area contributed by atoms with E-state index in [0.717, 1.165) is 10.4 Å². The van der Waals surface area contributed by atoms with E-state index in [1.165, 1.54) is 11.3 Å². The van der Waals surface area contributed by atoms with Gasteiger partial charge >= 0.3 is 0 Å². The highest BCUT2D eigenvalue weighted by Gasteiger charge is 2.11. The van der Waals surface area contributed by atoms with Crippen LogP contribution in [0.5, 0.6) is 0 Å². The zero-order valence-electron chi connectivity index (χ0n) is 9.30. The van der Waals surface area contributed by atoms with Crippen LogP contribution in [0.2, 0.25) is 0 Å². The van der Waals surface area contributed by atoms with Crippen molar-refractivity contribution in [1.82, 2.24) is 9.97 Å². The van der Waals surface area contributed by atoms with Gasteiger partial charge in [-0.25, -0.2) is 4.98 Å². The van der Waals surface area contributed by atoms with E-state index < -0.39 is 0 Å². The second-order valence-electron chi connectivity index (χ2n) is 3.37. The molecule has 2 rings (SSSR count). The van der Waals surface area contributed by atoms with Gasteiger partial charge in [-0.15, -0.1) is 17.3 Å². The lowest BCUT2D eigenvalue weighted by Crippen LogP contribution is -2.02. The molecule has 0 aliphatic carbocycles. The Morgan fingerprint density at radius 1 is 1.47 bits per heavy atom. The Kier molecular flexibility index (Phi) is 3.63. The van der Waals surface area contributed by atoms with Crippen LogP contribution in [0.4, 0.5) is 0 Å². The fourth-order valence-corrected chi connectivity index (χ4v) is 2.11. The van der Waals surface area contributed by atoms with Gasteiger partial charge in [0, 0.05) is 18.8 Å². The summed E-state index contributed by atoms with van der Waals surface area (Å²) < 4.78 is 0. The van der Waals surface area contributed by atoms with E-state index in [1.807, 2.05) is 12.1 Å². The topological polar surface area (TPSA) is 42.9 Å². The molecule has 0 unspecified atom stereocenters. The summed E-state index contributed by atoms with van der Waals surface area (Å²) >= 11 is 1.33. The molecule has 0 atom stereocenters. The van der Waals surface area contributed by atoms with E-state index in [9.17, 15) is 4.79 Å². The molecule has 0 fully saturated rings. The number of hydrogen-bond acceptors (Lipinski definition) is 4. The van der Waals surface area contributed by atoms with Crippen molar-refractivity contribution in [3.63, 3.8) is 0 Å². The number of rotatable bonds is 3. The molecule has 0 aliphatic rings. The van der Waals surface area contributed by atoms with Crippen molar-refractivity contribution in [2.45, 2.75) is 13.3 Å². The van der Waals surface area contributed by atoms with Gasteiger partial charge < -0.3 is 0 Å². The molecular formula is C13H10N2OS. The molecule has 0 aromatic carbocycles. The summed E-state index contributed by atoms with van der Waals surface area (Å²) in [7, 11) is 0. The molecule has 0 saturated carbocycles. The minimum atomic E-state index is 0.00662. The molecule has 84 valence electrons. The number of Topliss-reactive ketones (excluding diaryl/α,β-unsaturated/α-hetero) is 1. The van der Waals surface area contributed by atoms with Crippen LogP contribution in [0.1, 0.15) is 27.2 Å². The van der Waals surface area contributed by atoms with Crippen LogP contribution in [-0.2, 0) is 6.42 Å². The van der Waals surface area contributed by atoms with Gasteiger partial charge in [0.2, 0.25) is 0 Å². The number of ketones is 1. The first-order valence-corrected chi connectivity index (χ1v) is 5.92. The van der Waals surface area contributed by atoms with Crippen LogP contribution in [0.15, 0.2) is 30.7 Å². The SMILES string of the molecule is CC#Cc1cnc(C(=O)Cc2cccnc2)s1. The van der Waals surface area contributed by atoms with Crippen LogP contribution in [0.25, 0.3) is 0 Å². The van der Waals surface area contributed by atoms with Gasteiger partial charge in [-0.3, -0.25) is 9.78 Å². The highest BCUT2D eigenvalue weighted by atomic mass is 32.1. The standard InChI is InChI=1S/C13H10N2OS/c1-2-4-11-9-15-13(17-11)12(16)7-10-5-3-6-14-8-10/h3,5-6,8-9H,7H2,1H3. The van der Waals surface area contributed by atoms with E-state index in [2.05, 4.69) is 21.8 Å². The minimum Gasteiger partial charge on any atom is -0.291 e. The van der Waals surface area contributed by atoms with Crippen LogP contribution in [0.3, 0.4) is 0 Å². The quantitative estimate of drug-likeness (QED) is 0.613. The van der Waals surface area contributed by atoms with Crippen molar-refractivity contribution in [3.8, 4) is 11.8 Å². The Balaban J connectivity index is 2.11. The predicted octanol–water partition coefficient (Wildman–Crippen LogP) is 2.33. The minimum absolute atomic E-state index is 0.00662. The second kappa shape index (κ2) is 5.37. The average molecular weight is 242 g/mol. The Labute approximate surface area is 104 Å². The molecule has 0 saturated heterocycles. The molecule has 0 bridgehead atoms. The molecule has 2 aromatic rings. The number of nitrogens with zero attached hydrogens (tertiary/aromatic N) is 2. The van der Waals surface area contributed by atoms with Crippen molar-refractivity contribution >= 4 is 17.1 Å². The first kappa shape index (κ1) is 11.5. The number of carbonyl (C=O) groups is 1. The van der Waals surface area contributed by atoms with Crippen molar-refractivity contribution < 1.29 is 4.79 Å². The predicted molar refractivity (Wildman–Crippen MR) is 66.9 cm³/mol. The lowest BCUT2D eigenvalue weighted by Gasteiger charge is -1.96. The van der Waals surface area contributed by atoms with Crippen LogP contribution in [-0.4, -0.2) is 15.8 Å². The number of hydrogen-bond donors (Lipinski definition) is 0. The van der Waals surface area contributed by atoms with E-state index in [-0.39, 0.29) is 5.78 Å². The molecule has 2 heterocycles. The fourth-order valence-electron chi connectivity index (χ4n) is 1.35. The van der Waals surface area contributed by atoms with E-state index >= 15 is 0 Å². The van der Waals surface area contributed by atoms with E-state index in [1.54, 1.807) is 25.5 Å². The smallest absolute Gasteiger partial charge is 0.195 e. The summed E-state index contributed by atoms with van der Waals surface area (Å²) in [5.41, 5.74) is 0.899. The highest BCUT2D eigenvalue weighted by Crippen LogP contribution is 2.14. The van der Waals surface area contributed by atoms with Crippen LogP contribution >= 0.6 is 11.3 Å². The third-order valence-electron chi connectivity index (χ3n) is 2.08. The summed E-state index contributed by atoms with van der Waals surface area (Å²) in [5, 5.41) is 0.506. The molecule has 17 heavy (non-hydrogen) atoms. The van der Waals surface area contributed by atoms with Crippen molar-refractivity contribution in [1.29, 1.82) is 0 Å². The van der Waals surface area contributed by atoms with Gasteiger partial charge in [0.15, 0.2) is 10.8 Å². The lowest BCUT2D eigenvalue weighted by atomic mass is 10.1. The van der Waals surface area contributed by atoms with Crippen molar-refractivity contribution in [2.75, 3.05) is 0 Å². The van der Waals surface area contributed by atoms with Gasteiger partial charge in [-0.05, 0) is 18.6 Å². The van der Waals surface area contributed by atoms with Gasteiger partial charge in [-0.1, -0.05) is 12.0 Å². The number of pyridine rings is 1. The van der Waals surface area contributed by atoms with Gasteiger partial charge in [0.25, 0.3) is 0 Å². The summed E-state index contributed by atoms with van der Waals surface area (Å²) in [6.45, 7) is 1.76. The van der Waals surface area contributed by atoms with Crippen molar-refractivity contribution in [3.05, 3.63) is 46.2 Å². The number of carbonyl (C=O) groups excluding carboxylic acids is 1. The molecule has 3 nitrogen and oxygen atoms in total. The fraction of sp³-hybridized carbons (Fsp3) is 0.154. The molecule has 4 heteroatoms. The normalized spacial score (nSPS) is 9.47. The Morgan fingerprint density at radius 2 is 2.35 bits per heavy atom. The molecule has 0 amide bonds. The average Bonchev–Trinajstić information content (AvgIpc) is 2.79. The largest absolute Gasteiger partial charge is 0.291 e. The Bertz CT molecular complexity index is 578. The lowest BCUT2D eigenvalue weighted by molar-refractivity contribution is 0.0992. The molecule has 0 aliphatic heterocycles. The molecule has 0 spiro atoms. The van der Waals surface area contributed by atoms with E-state index in [0.29, 0.717) is 11.4 Å². The first-order chi connectivity index (χ1) is 8.29. The maximum atomic E-state index is 11.9.